The summed E-state index contributed by atoms with van der Waals surface area (Å²) in [4.78, 5) is 24.5. The van der Waals surface area contributed by atoms with Gasteiger partial charge in [0.2, 0.25) is 0 Å². The third-order valence-corrected chi connectivity index (χ3v) is 5.32. The highest BCUT2D eigenvalue weighted by atomic mass is 16.5. The molecule has 166 valence electrons. The summed E-state index contributed by atoms with van der Waals surface area (Å²) >= 11 is 0. The molecule has 2 saturated heterocycles. The number of nitrogens with zero attached hydrogens (tertiary/aromatic N) is 2. The number of amides is 2. The molecular formula is C24H26N4O4. The second-order valence-electron chi connectivity index (χ2n) is 7.70. The lowest BCUT2D eigenvalue weighted by atomic mass is 10.1. The van der Waals surface area contributed by atoms with Gasteiger partial charge in [-0.1, -0.05) is 24.3 Å². The lowest BCUT2D eigenvalue weighted by Crippen LogP contribution is -2.32. The first-order chi connectivity index (χ1) is 15.6. The summed E-state index contributed by atoms with van der Waals surface area (Å²) in [6, 6.07) is 10.7. The summed E-state index contributed by atoms with van der Waals surface area (Å²) in [6.07, 6.45) is 6.76. The van der Waals surface area contributed by atoms with Crippen molar-refractivity contribution >= 4 is 24.0 Å². The van der Waals surface area contributed by atoms with Gasteiger partial charge in [-0.3, -0.25) is 9.59 Å². The molecule has 0 spiro atoms. The molecule has 0 aromatic heterocycles. The largest absolute Gasteiger partial charge is 0.376 e. The molecule has 1 aromatic rings. The third kappa shape index (κ3) is 6.78. The van der Waals surface area contributed by atoms with Crippen LogP contribution in [0, 0.1) is 22.7 Å². The molecule has 2 amide bonds. The van der Waals surface area contributed by atoms with E-state index in [1.54, 1.807) is 24.3 Å². The van der Waals surface area contributed by atoms with Gasteiger partial charge in [-0.2, -0.15) is 10.5 Å². The van der Waals surface area contributed by atoms with Gasteiger partial charge in [0.15, 0.2) is 0 Å². The van der Waals surface area contributed by atoms with E-state index in [0.717, 1.165) is 25.7 Å². The van der Waals surface area contributed by atoms with Gasteiger partial charge < -0.3 is 20.1 Å². The van der Waals surface area contributed by atoms with Crippen molar-refractivity contribution in [2.75, 3.05) is 26.3 Å². The van der Waals surface area contributed by atoms with E-state index in [-0.39, 0.29) is 23.4 Å². The Morgan fingerprint density at radius 3 is 1.56 bits per heavy atom. The van der Waals surface area contributed by atoms with E-state index in [1.165, 1.54) is 12.2 Å². The molecule has 2 unspecified atom stereocenters. The lowest BCUT2D eigenvalue weighted by Gasteiger charge is -2.10. The predicted molar refractivity (Wildman–Crippen MR) is 118 cm³/mol. The normalized spacial score (nSPS) is 20.9. The quantitative estimate of drug-likeness (QED) is 0.477. The summed E-state index contributed by atoms with van der Waals surface area (Å²) in [5.41, 5.74) is 1.31. The number of benzene rings is 1. The number of nitrogens with one attached hydrogen (secondary N) is 2. The Bertz CT molecular complexity index is 878. The first-order valence-corrected chi connectivity index (χ1v) is 10.7. The van der Waals surface area contributed by atoms with E-state index in [4.69, 9.17) is 9.47 Å². The Kier molecular flexibility index (Phi) is 8.56. The maximum atomic E-state index is 12.3. The summed E-state index contributed by atoms with van der Waals surface area (Å²) in [6.45, 7) is 2.17. The molecule has 0 aliphatic carbocycles. The van der Waals surface area contributed by atoms with Crippen LogP contribution in [0.25, 0.3) is 12.2 Å². The van der Waals surface area contributed by atoms with E-state index < -0.39 is 11.8 Å². The standard InChI is InChI=1S/C24H26N4O4/c25-13-19(23(29)27-15-21-3-1-9-31-21)11-17-5-7-18(8-6-17)12-20(14-26)24(30)28-16-22-4-2-10-32-22/h5-8,11-12,21-22H,1-4,9-10,15-16H2,(H,27,29)(H,28,30)/b19-11+,20-12+. The van der Waals surface area contributed by atoms with Crippen LogP contribution in [0.15, 0.2) is 35.4 Å². The average Bonchev–Trinajstić information content (AvgIpc) is 3.53. The summed E-state index contributed by atoms with van der Waals surface area (Å²) in [5, 5.41) is 24.1. The van der Waals surface area contributed by atoms with Crippen LogP contribution in [0.5, 0.6) is 0 Å². The van der Waals surface area contributed by atoms with Crippen LogP contribution in [-0.4, -0.2) is 50.3 Å². The molecule has 8 nitrogen and oxygen atoms in total. The van der Waals surface area contributed by atoms with E-state index in [1.807, 2.05) is 12.1 Å². The van der Waals surface area contributed by atoms with Gasteiger partial charge >= 0.3 is 0 Å². The number of nitriles is 2. The minimum atomic E-state index is -0.443. The van der Waals surface area contributed by atoms with E-state index in [9.17, 15) is 20.1 Å². The van der Waals surface area contributed by atoms with Crippen molar-refractivity contribution in [3.05, 3.63) is 46.5 Å². The number of ether oxygens (including phenoxy) is 2. The van der Waals surface area contributed by atoms with Gasteiger partial charge in [-0.15, -0.1) is 0 Å². The first-order valence-electron chi connectivity index (χ1n) is 10.7. The highest BCUT2D eigenvalue weighted by Gasteiger charge is 2.18. The van der Waals surface area contributed by atoms with Crippen LogP contribution < -0.4 is 10.6 Å². The summed E-state index contributed by atoms with van der Waals surface area (Å²) in [7, 11) is 0. The van der Waals surface area contributed by atoms with Crippen LogP contribution in [0.2, 0.25) is 0 Å². The van der Waals surface area contributed by atoms with E-state index in [2.05, 4.69) is 10.6 Å². The van der Waals surface area contributed by atoms with Crippen molar-refractivity contribution < 1.29 is 19.1 Å². The number of hydrogen-bond acceptors (Lipinski definition) is 6. The van der Waals surface area contributed by atoms with Gasteiger partial charge in [-0.05, 0) is 49.0 Å². The average molecular weight is 434 g/mol. The molecule has 3 rings (SSSR count). The second-order valence-corrected chi connectivity index (χ2v) is 7.70. The molecule has 32 heavy (non-hydrogen) atoms. The minimum absolute atomic E-state index is 0.00202. The molecule has 8 heteroatoms. The zero-order valence-electron chi connectivity index (χ0n) is 17.8. The molecule has 0 bridgehead atoms. The molecule has 2 atom stereocenters. The smallest absolute Gasteiger partial charge is 0.262 e. The fourth-order valence-electron chi connectivity index (χ4n) is 3.53. The highest BCUT2D eigenvalue weighted by Crippen LogP contribution is 2.14. The Morgan fingerprint density at radius 1 is 0.844 bits per heavy atom. The second kappa shape index (κ2) is 11.8. The molecule has 2 aliphatic heterocycles. The van der Waals surface area contributed by atoms with E-state index in [0.29, 0.717) is 37.4 Å². The van der Waals surface area contributed by atoms with Crippen molar-refractivity contribution in [2.24, 2.45) is 0 Å². The maximum Gasteiger partial charge on any atom is 0.262 e. The molecular weight excluding hydrogens is 408 g/mol. The topological polar surface area (TPSA) is 124 Å². The monoisotopic (exact) mass is 434 g/mol. The van der Waals surface area contributed by atoms with Crippen molar-refractivity contribution in [3.8, 4) is 12.1 Å². The van der Waals surface area contributed by atoms with E-state index >= 15 is 0 Å². The fraction of sp³-hybridized carbons (Fsp3) is 0.417. The van der Waals surface area contributed by atoms with Crippen LogP contribution in [-0.2, 0) is 19.1 Å². The van der Waals surface area contributed by atoms with Crippen LogP contribution >= 0.6 is 0 Å². The van der Waals surface area contributed by atoms with Crippen LogP contribution in [0.4, 0.5) is 0 Å². The van der Waals surface area contributed by atoms with Crippen LogP contribution in [0.3, 0.4) is 0 Å². The summed E-state index contributed by atoms with van der Waals surface area (Å²) in [5.74, 6) is -0.886. The number of rotatable bonds is 8. The predicted octanol–water partition coefficient (Wildman–Crippen LogP) is 2.09. The molecule has 2 aliphatic rings. The van der Waals surface area contributed by atoms with Gasteiger partial charge in [0.1, 0.15) is 23.3 Å². The Morgan fingerprint density at radius 2 is 1.25 bits per heavy atom. The highest BCUT2D eigenvalue weighted by molar-refractivity contribution is 6.02. The first kappa shape index (κ1) is 23.2. The SMILES string of the molecule is N#C/C(=C\c1ccc(/C=C(\C#N)C(=O)NCC2CCCO2)cc1)C(=O)NCC1CCCO1. The fourth-order valence-corrected chi connectivity index (χ4v) is 3.53. The van der Waals surface area contributed by atoms with Gasteiger partial charge in [0, 0.05) is 26.3 Å². The Labute approximate surface area is 187 Å². The minimum Gasteiger partial charge on any atom is -0.376 e. The molecule has 2 heterocycles. The number of hydrogen-bond donors (Lipinski definition) is 2. The van der Waals surface area contributed by atoms with Crippen molar-refractivity contribution in [3.63, 3.8) is 0 Å². The van der Waals surface area contributed by atoms with Crippen molar-refractivity contribution in [1.82, 2.24) is 10.6 Å². The van der Waals surface area contributed by atoms with Crippen LogP contribution in [0.1, 0.15) is 36.8 Å². The zero-order chi connectivity index (χ0) is 22.8. The zero-order valence-corrected chi connectivity index (χ0v) is 17.8. The third-order valence-electron chi connectivity index (χ3n) is 5.32. The maximum absolute atomic E-state index is 12.3. The van der Waals surface area contributed by atoms with Gasteiger partial charge in [-0.25, -0.2) is 0 Å². The molecule has 1 aromatic carbocycles. The number of carbonyl (C=O) groups excluding carboxylic acids is 2. The van der Waals surface area contributed by atoms with Gasteiger partial charge in [0.25, 0.3) is 11.8 Å². The lowest BCUT2D eigenvalue weighted by molar-refractivity contribution is -0.118. The van der Waals surface area contributed by atoms with Crippen molar-refractivity contribution in [2.45, 2.75) is 37.9 Å². The molecule has 2 N–H and O–H groups in total. The van der Waals surface area contributed by atoms with Crippen molar-refractivity contribution in [1.29, 1.82) is 10.5 Å². The molecule has 0 radical (unpaired) electrons. The molecule has 2 fully saturated rings. The van der Waals surface area contributed by atoms with Gasteiger partial charge in [0.05, 0.1) is 12.2 Å². The summed E-state index contributed by atoms with van der Waals surface area (Å²) < 4.78 is 10.9. The Balaban J connectivity index is 1.59. The Hall–Kier alpha value is -3.46. The number of carbonyl (C=O) groups is 2. The molecule has 0 saturated carbocycles.